The number of nitrogens with zero attached hydrogens (tertiary/aromatic N) is 2. The summed E-state index contributed by atoms with van der Waals surface area (Å²) in [5, 5.41) is 0. The first-order valence-corrected chi connectivity index (χ1v) is 6.07. The first-order valence-electron chi connectivity index (χ1n) is 6.07. The van der Waals surface area contributed by atoms with Crippen molar-refractivity contribution in [3.05, 3.63) is 52.6 Å². The van der Waals surface area contributed by atoms with Crippen molar-refractivity contribution in [2.75, 3.05) is 7.11 Å². The molecule has 1 aromatic heterocycles. The molecule has 0 aliphatic rings. The molecule has 2 aromatic rings. The molecule has 1 aromatic carbocycles. The number of methoxy groups -OCH3 is 1. The third-order valence-electron chi connectivity index (χ3n) is 2.69. The van der Waals surface area contributed by atoms with Crippen molar-refractivity contribution in [2.45, 2.75) is 13.5 Å². The van der Waals surface area contributed by atoms with E-state index in [1.165, 1.54) is 23.9 Å². The van der Waals surface area contributed by atoms with Crippen LogP contribution in [0.2, 0.25) is 0 Å². The molecule has 6 heteroatoms. The van der Waals surface area contributed by atoms with E-state index in [0.717, 1.165) is 0 Å². The maximum Gasteiger partial charge on any atom is 0.337 e. The first-order chi connectivity index (χ1) is 9.65. The number of hydrogen-bond acceptors (Lipinski definition) is 5. The van der Waals surface area contributed by atoms with Crippen molar-refractivity contribution in [3.8, 4) is 11.6 Å². The van der Waals surface area contributed by atoms with E-state index in [1.807, 2.05) is 6.92 Å². The third-order valence-corrected chi connectivity index (χ3v) is 2.69. The first kappa shape index (κ1) is 13.8. The van der Waals surface area contributed by atoms with Gasteiger partial charge >= 0.3 is 11.5 Å². The van der Waals surface area contributed by atoms with Gasteiger partial charge in [0, 0.05) is 18.9 Å². The Balaban J connectivity index is 2.31. The molecule has 0 atom stereocenters. The highest BCUT2D eigenvalue weighted by atomic mass is 16.5. The molecule has 0 radical (unpaired) electrons. The number of ether oxygens (including phenoxy) is 2. The Hall–Kier alpha value is -2.63. The number of rotatable bonds is 4. The van der Waals surface area contributed by atoms with E-state index in [-0.39, 0.29) is 11.4 Å². The molecule has 6 nitrogen and oxygen atoms in total. The monoisotopic (exact) mass is 274 g/mol. The summed E-state index contributed by atoms with van der Waals surface area (Å²) in [5.74, 6) is -0.148. The van der Waals surface area contributed by atoms with Crippen LogP contribution in [0.3, 0.4) is 0 Å². The standard InChI is InChI=1S/C14H14N2O4/c1-3-16-8-7-15-12(13(16)17)20-11-6-4-5-10(9-11)14(18)19-2/h4-9H,3H2,1-2H3. The summed E-state index contributed by atoms with van der Waals surface area (Å²) in [6.45, 7) is 2.38. The third kappa shape index (κ3) is 2.85. The van der Waals surface area contributed by atoms with Gasteiger partial charge in [-0.05, 0) is 25.1 Å². The number of aryl methyl sites for hydroxylation is 1. The molecule has 0 fully saturated rings. The fourth-order valence-corrected chi connectivity index (χ4v) is 1.66. The van der Waals surface area contributed by atoms with Gasteiger partial charge in [-0.2, -0.15) is 0 Å². The van der Waals surface area contributed by atoms with E-state index < -0.39 is 5.97 Å². The molecular weight excluding hydrogens is 260 g/mol. The van der Waals surface area contributed by atoms with Crippen molar-refractivity contribution in [3.63, 3.8) is 0 Å². The summed E-state index contributed by atoms with van der Waals surface area (Å²) < 4.78 is 11.5. The second-order valence-electron chi connectivity index (χ2n) is 3.95. The summed E-state index contributed by atoms with van der Waals surface area (Å²) in [7, 11) is 1.30. The van der Waals surface area contributed by atoms with E-state index in [0.29, 0.717) is 17.9 Å². The molecule has 0 amide bonds. The van der Waals surface area contributed by atoms with Crippen LogP contribution < -0.4 is 10.3 Å². The van der Waals surface area contributed by atoms with Gasteiger partial charge in [0.05, 0.1) is 12.7 Å². The van der Waals surface area contributed by atoms with E-state index in [4.69, 9.17) is 4.74 Å². The minimum absolute atomic E-state index is 0.0311. The van der Waals surface area contributed by atoms with Gasteiger partial charge in [-0.15, -0.1) is 0 Å². The number of esters is 1. The van der Waals surface area contributed by atoms with Crippen LogP contribution in [0.1, 0.15) is 17.3 Å². The van der Waals surface area contributed by atoms with Crippen LogP contribution in [0.5, 0.6) is 11.6 Å². The van der Waals surface area contributed by atoms with E-state index in [1.54, 1.807) is 24.4 Å². The lowest BCUT2D eigenvalue weighted by Gasteiger charge is -2.07. The second-order valence-corrected chi connectivity index (χ2v) is 3.95. The predicted molar refractivity (Wildman–Crippen MR) is 72.0 cm³/mol. The maximum absolute atomic E-state index is 12.0. The highest BCUT2D eigenvalue weighted by Gasteiger charge is 2.09. The fourth-order valence-electron chi connectivity index (χ4n) is 1.66. The van der Waals surface area contributed by atoms with Crippen LogP contribution in [-0.2, 0) is 11.3 Å². The highest BCUT2D eigenvalue weighted by molar-refractivity contribution is 5.89. The zero-order valence-corrected chi connectivity index (χ0v) is 11.2. The van der Waals surface area contributed by atoms with Crippen LogP contribution in [0.25, 0.3) is 0 Å². The zero-order valence-electron chi connectivity index (χ0n) is 11.2. The maximum atomic E-state index is 12.0. The number of benzene rings is 1. The molecule has 0 unspecified atom stereocenters. The Morgan fingerprint density at radius 3 is 2.90 bits per heavy atom. The van der Waals surface area contributed by atoms with Gasteiger partial charge in [0.1, 0.15) is 5.75 Å². The number of carbonyl (C=O) groups excluding carboxylic acids is 1. The predicted octanol–water partition coefficient (Wildman–Crippen LogP) is 1.84. The van der Waals surface area contributed by atoms with Crippen LogP contribution in [0.4, 0.5) is 0 Å². The summed E-state index contributed by atoms with van der Waals surface area (Å²) >= 11 is 0. The van der Waals surface area contributed by atoms with Crippen molar-refractivity contribution in [2.24, 2.45) is 0 Å². The van der Waals surface area contributed by atoms with Crippen LogP contribution in [-0.4, -0.2) is 22.6 Å². The molecular formula is C14H14N2O4. The van der Waals surface area contributed by atoms with Crippen molar-refractivity contribution in [1.82, 2.24) is 9.55 Å². The molecule has 0 spiro atoms. The van der Waals surface area contributed by atoms with Crippen molar-refractivity contribution in [1.29, 1.82) is 0 Å². The Morgan fingerprint density at radius 1 is 1.40 bits per heavy atom. The molecule has 0 bridgehead atoms. The van der Waals surface area contributed by atoms with E-state index >= 15 is 0 Å². The quantitative estimate of drug-likeness (QED) is 0.796. The molecule has 1 heterocycles. The largest absolute Gasteiger partial charge is 0.465 e. The minimum atomic E-state index is -0.470. The lowest BCUT2D eigenvalue weighted by atomic mass is 10.2. The average molecular weight is 274 g/mol. The van der Waals surface area contributed by atoms with Gasteiger partial charge in [0.2, 0.25) is 0 Å². The van der Waals surface area contributed by atoms with Gasteiger partial charge in [-0.25, -0.2) is 9.78 Å². The lowest BCUT2D eigenvalue weighted by molar-refractivity contribution is 0.0600. The van der Waals surface area contributed by atoms with Crippen LogP contribution in [0.15, 0.2) is 41.5 Å². The Bertz CT molecular complexity index is 679. The van der Waals surface area contributed by atoms with Crippen LogP contribution >= 0.6 is 0 Å². The van der Waals surface area contributed by atoms with Crippen molar-refractivity contribution < 1.29 is 14.3 Å². The summed E-state index contributed by atoms with van der Waals surface area (Å²) in [6, 6.07) is 6.37. The summed E-state index contributed by atoms with van der Waals surface area (Å²) in [5.41, 5.74) is 0.0234. The van der Waals surface area contributed by atoms with E-state index in [2.05, 4.69) is 9.72 Å². The number of hydrogen-bond donors (Lipinski definition) is 0. The SMILES string of the molecule is CCn1ccnc(Oc2cccc(C(=O)OC)c2)c1=O. The fraction of sp³-hybridized carbons (Fsp3) is 0.214. The zero-order chi connectivity index (χ0) is 14.5. The molecule has 0 saturated carbocycles. The number of aromatic nitrogens is 2. The van der Waals surface area contributed by atoms with E-state index in [9.17, 15) is 9.59 Å². The van der Waals surface area contributed by atoms with Gasteiger partial charge in [-0.3, -0.25) is 4.79 Å². The second kappa shape index (κ2) is 6.01. The molecule has 0 aliphatic heterocycles. The van der Waals surface area contributed by atoms with Crippen LogP contribution in [0, 0.1) is 0 Å². The molecule has 0 aliphatic carbocycles. The minimum Gasteiger partial charge on any atom is -0.465 e. The lowest BCUT2D eigenvalue weighted by Crippen LogP contribution is -2.20. The molecule has 104 valence electrons. The molecule has 2 rings (SSSR count). The average Bonchev–Trinajstić information content (AvgIpc) is 2.49. The number of carbonyl (C=O) groups is 1. The van der Waals surface area contributed by atoms with Gasteiger partial charge in [0.25, 0.3) is 5.88 Å². The van der Waals surface area contributed by atoms with Gasteiger partial charge in [-0.1, -0.05) is 6.07 Å². The van der Waals surface area contributed by atoms with Crippen molar-refractivity contribution >= 4 is 5.97 Å². The van der Waals surface area contributed by atoms with Gasteiger partial charge in [0.15, 0.2) is 0 Å². The summed E-state index contributed by atoms with van der Waals surface area (Å²) in [4.78, 5) is 27.3. The molecule has 0 saturated heterocycles. The smallest absolute Gasteiger partial charge is 0.337 e. The Morgan fingerprint density at radius 2 is 2.20 bits per heavy atom. The Kier molecular flexibility index (Phi) is 4.14. The summed E-state index contributed by atoms with van der Waals surface area (Å²) in [6.07, 6.45) is 3.07. The Labute approximate surface area is 115 Å². The van der Waals surface area contributed by atoms with Gasteiger partial charge < -0.3 is 14.0 Å². The topological polar surface area (TPSA) is 70.4 Å². The highest BCUT2D eigenvalue weighted by Crippen LogP contribution is 2.18. The normalized spacial score (nSPS) is 10.1. The molecule has 20 heavy (non-hydrogen) atoms. The molecule has 0 N–H and O–H groups in total.